The number of carboxylic acids is 1. The van der Waals surface area contributed by atoms with E-state index in [-0.39, 0.29) is 22.2 Å². The number of aromatic hydroxyl groups is 2. The van der Waals surface area contributed by atoms with E-state index in [1.807, 2.05) is 55.1 Å². The lowest BCUT2D eigenvalue weighted by Gasteiger charge is -2.24. The molecule has 0 spiro atoms. The third-order valence-electron chi connectivity index (χ3n) is 7.97. The number of fused-ring (bicyclic) bond motifs is 1. The molecule has 6 rings (SSSR count). The number of hydrogen-bond donors (Lipinski definition) is 4. The van der Waals surface area contributed by atoms with Gasteiger partial charge < -0.3 is 20.2 Å². The molecule has 0 bridgehead atoms. The fourth-order valence-electron chi connectivity index (χ4n) is 5.65. The Kier molecular flexibility index (Phi) is 9.42. The van der Waals surface area contributed by atoms with Gasteiger partial charge in [-0.15, -0.1) is 23.5 Å². The number of phenolic OH excluding ortho intramolecular Hbond substituents is 2. The number of anilines is 1. The second-order valence-corrected chi connectivity index (χ2v) is 14.6. The first-order valence-electron chi connectivity index (χ1n) is 14.2. The zero-order valence-corrected chi connectivity index (χ0v) is 28.1. The Bertz CT molecular complexity index is 1810. The Hall–Kier alpha value is -3.13. The van der Waals surface area contributed by atoms with Gasteiger partial charge in [-0.25, -0.2) is 0 Å². The highest BCUT2D eigenvalue weighted by molar-refractivity contribution is 8.14. The Labute approximate surface area is 279 Å². The molecule has 1 fully saturated rings. The lowest BCUT2D eigenvalue weighted by Crippen LogP contribution is -2.42. The first kappa shape index (κ1) is 31.8. The van der Waals surface area contributed by atoms with Crippen LogP contribution in [0, 0.1) is 0 Å². The summed E-state index contributed by atoms with van der Waals surface area (Å²) in [5, 5.41) is 34.1. The number of thioether (sulfide) groups is 2. The van der Waals surface area contributed by atoms with Crippen molar-refractivity contribution in [2.24, 2.45) is 4.99 Å². The van der Waals surface area contributed by atoms with Crippen LogP contribution in [-0.2, 0) is 11.3 Å². The Morgan fingerprint density at radius 1 is 1.13 bits per heavy atom. The van der Waals surface area contributed by atoms with Gasteiger partial charge in [-0.1, -0.05) is 35.9 Å². The Morgan fingerprint density at radius 2 is 1.91 bits per heavy atom. The maximum absolute atomic E-state index is 11.6. The zero-order chi connectivity index (χ0) is 31.8. The van der Waals surface area contributed by atoms with Gasteiger partial charge in [-0.3, -0.25) is 19.4 Å². The summed E-state index contributed by atoms with van der Waals surface area (Å²) in [5.74, 6) is -0.456. The van der Waals surface area contributed by atoms with Crippen LogP contribution >= 0.6 is 47.1 Å². The molecule has 3 atom stereocenters. The van der Waals surface area contributed by atoms with Crippen LogP contribution in [0.3, 0.4) is 0 Å². The molecule has 4 aromatic rings. The van der Waals surface area contributed by atoms with Crippen LogP contribution in [-0.4, -0.2) is 81.3 Å². The van der Waals surface area contributed by atoms with Gasteiger partial charge in [-0.2, -0.15) is 4.57 Å². The molecule has 0 saturated carbocycles. The minimum absolute atomic E-state index is 0.0291. The first-order valence-corrected chi connectivity index (χ1v) is 17.5. The normalized spacial score (nSPS) is 20.1. The Morgan fingerprint density at radius 3 is 2.67 bits per heavy atom. The molecule has 1 saturated heterocycles. The molecule has 0 aliphatic carbocycles. The van der Waals surface area contributed by atoms with Crippen molar-refractivity contribution < 1.29 is 24.7 Å². The van der Waals surface area contributed by atoms with Crippen LogP contribution < -0.4 is 14.2 Å². The van der Waals surface area contributed by atoms with Crippen LogP contribution in [0.5, 0.6) is 11.5 Å². The highest BCUT2D eigenvalue weighted by Gasteiger charge is 2.42. The number of pyridine rings is 1. The molecule has 3 aromatic carbocycles. The molecule has 0 radical (unpaired) electrons. The molecular formula is C32H33ClN5O4S3+. The summed E-state index contributed by atoms with van der Waals surface area (Å²) < 4.78 is 5.36. The summed E-state index contributed by atoms with van der Waals surface area (Å²) >= 11 is 11.0. The van der Waals surface area contributed by atoms with E-state index in [2.05, 4.69) is 46.0 Å². The molecule has 0 amide bonds. The van der Waals surface area contributed by atoms with Gasteiger partial charge in [-0.05, 0) is 42.6 Å². The third-order valence-corrected chi connectivity index (χ3v) is 11.7. The average Bonchev–Trinajstić information content (AvgIpc) is 3.66. The molecule has 13 heteroatoms. The molecule has 4 N–H and O–H groups in total. The van der Waals surface area contributed by atoms with Crippen LogP contribution in [0.1, 0.15) is 11.1 Å². The second-order valence-electron chi connectivity index (χ2n) is 11.1. The van der Waals surface area contributed by atoms with Gasteiger partial charge >= 0.3 is 5.97 Å². The lowest BCUT2D eigenvalue weighted by atomic mass is 10.1. The van der Waals surface area contributed by atoms with Gasteiger partial charge in [0.2, 0.25) is 5.69 Å². The van der Waals surface area contributed by atoms with Crippen molar-refractivity contribution in [1.29, 1.82) is 0 Å². The van der Waals surface area contributed by atoms with Crippen LogP contribution in [0.25, 0.3) is 16.5 Å². The number of hydrogen-bond acceptors (Lipinski definition) is 10. The molecule has 234 valence electrons. The van der Waals surface area contributed by atoms with Crippen molar-refractivity contribution in [3.05, 3.63) is 83.1 Å². The van der Waals surface area contributed by atoms with Crippen molar-refractivity contribution in [2.45, 2.75) is 28.9 Å². The fourth-order valence-corrected chi connectivity index (χ4v) is 9.45. The van der Waals surface area contributed by atoms with Crippen molar-refractivity contribution in [1.82, 2.24) is 9.62 Å². The van der Waals surface area contributed by atoms with E-state index in [1.165, 1.54) is 28.2 Å². The third kappa shape index (κ3) is 6.32. The average molecular weight is 683 g/mol. The molecule has 3 unspecified atom stereocenters. The summed E-state index contributed by atoms with van der Waals surface area (Å²) in [4.78, 5) is 21.7. The number of aromatic nitrogens is 1. The summed E-state index contributed by atoms with van der Waals surface area (Å²) in [5.41, 5.74) is 3.14. The van der Waals surface area contributed by atoms with E-state index in [9.17, 15) is 20.1 Å². The maximum atomic E-state index is 11.6. The van der Waals surface area contributed by atoms with E-state index in [1.54, 1.807) is 29.8 Å². The summed E-state index contributed by atoms with van der Waals surface area (Å²) in [7, 11) is 5.90. The van der Waals surface area contributed by atoms with Gasteiger partial charge in [0.05, 0.1) is 16.4 Å². The number of carboxylic acid groups (broad SMARTS) is 1. The molecule has 1 aromatic heterocycles. The number of nitrogens with one attached hydrogen (secondary N) is 1. The summed E-state index contributed by atoms with van der Waals surface area (Å²) in [6, 6.07) is 17.5. The largest absolute Gasteiger partial charge is 0.504 e. The minimum atomic E-state index is -0.843. The summed E-state index contributed by atoms with van der Waals surface area (Å²) in [6.45, 7) is 0.566. The zero-order valence-electron chi connectivity index (χ0n) is 24.8. The molecule has 45 heavy (non-hydrogen) atoms. The molecule has 2 aliphatic rings. The number of benzene rings is 3. The van der Waals surface area contributed by atoms with Crippen LogP contribution in [0.4, 0.5) is 5.69 Å². The van der Waals surface area contributed by atoms with E-state index >= 15 is 0 Å². The SMILES string of the molecule is CN(C)c1cccc2c(SNCc3ccc[n+](-c4cc(Cl)c(O)c(O)c4C4=NC(C5SCC(C(=O)O)N5C)CS4)c3)cccc12. The van der Waals surface area contributed by atoms with Crippen LogP contribution in [0.2, 0.25) is 5.02 Å². The van der Waals surface area contributed by atoms with Gasteiger partial charge in [0.15, 0.2) is 23.9 Å². The number of likely N-dealkylation sites (N-methyl/N-ethyl adjacent to an activating group) is 1. The van der Waals surface area contributed by atoms with Gasteiger partial charge in [0.1, 0.15) is 16.6 Å². The smallest absolute Gasteiger partial charge is 0.321 e. The number of nitrogens with zero attached hydrogens (tertiary/aromatic N) is 4. The maximum Gasteiger partial charge on any atom is 0.321 e. The highest BCUT2D eigenvalue weighted by Crippen LogP contribution is 2.43. The lowest BCUT2D eigenvalue weighted by molar-refractivity contribution is -0.596. The predicted octanol–water partition coefficient (Wildman–Crippen LogP) is 5.36. The monoisotopic (exact) mass is 682 g/mol. The number of rotatable bonds is 9. The number of carbonyl (C=O) groups is 1. The number of phenols is 2. The van der Waals surface area contributed by atoms with Crippen molar-refractivity contribution in [3.63, 3.8) is 0 Å². The number of halogens is 1. The summed E-state index contributed by atoms with van der Waals surface area (Å²) in [6.07, 6.45) is 3.83. The van der Waals surface area contributed by atoms with Crippen molar-refractivity contribution >= 4 is 74.5 Å². The predicted molar refractivity (Wildman–Crippen MR) is 186 cm³/mol. The molecule has 9 nitrogen and oxygen atoms in total. The molecular weight excluding hydrogens is 650 g/mol. The van der Waals surface area contributed by atoms with E-state index in [4.69, 9.17) is 16.6 Å². The number of aliphatic carboxylic acids is 1. The quantitative estimate of drug-likeness (QED) is 0.105. The van der Waals surface area contributed by atoms with Crippen molar-refractivity contribution in [3.8, 4) is 17.2 Å². The minimum Gasteiger partial charge on any atom is -0.504 e. The Balaban J connectivity index is 1.25. The standard InChI is InChI=1S/C32H32ClN5O4S3/c1-36(2)23-10-4-9-20-19(23)8-5-11-26(20)45-34-14-18-7-6-12-38(15-18)24-13-21(33)28(39)29(40)27(24)30-35-22(16-43-30)31-37(3)25(17-44-31)32(41)42/h4-13,15,22,25,31,34H,14,16-17H2,1-3H3,(H2-,35,39,40,41,42)/p+1. The number of aliphatic imine (C=N–C) groups is 1. The highest BCUT2D eigenvalue weighted by atomic mass is 35.5. The topological polar surface area (TPSA) is 113 Å². The first-order chi connectivity index (χ1) is 21.6. The van der Waals surface area contributed by atoms with E-state index < -0.39 is 17.8 Å². The fraction of sp³-hybridized carbons (Fsp3) is 0.281. The van der Waals surface area contributed by atoms with E-state index in [0.717, 1.165) is 10.5 Å². The van der Waals surface area contributed by atoms with Crippen LogP contribution in [0.15, 0.2) is 76.9 Å². The molecule has 3 heterocycles. The van der Waals surface area contributed by atoms with E-state index in [0.29, 0.717) is 34.3 Å². The van der Waals surface area contributed by atoms with Gasteiger partial charge in [0.25, 0.3) is 0 Å². The second kappa shape index (κ2) is 13.3. The van der Waals surface area contributed by atoms with Gasteiger partial charge in [0, 0.05) is 65.8 Å². The molecule has 2 aliphatic heterocycles. The van der Waals surface area contributed by atoms with Crippen molar-refractivity contribution in [2.75, 3.05) is 37.5 Å².